The van der Waals surface area contributed by atoms with Gasteiger partial charge in [-0.15, -0.1) is 0 Å². The summed E-state index contributed by atoms with van der Waals surface area (Å²) in [6.07, 6.45) is 5.26. The maximum Gasteiger partial charge on any atom is 0.220 e. The van der Waals surface area contributed by atoms with Crippen LogP contribution in [0.4, 0.5) is 0 Å². The third kappa shape index (κ3) is 5.82. The van der Waals surface area contributed by atoms with Crippen molar-refractivity contribution >= 4 is 5.91 Å². The minimum absolute atomic E-state index is 0.135. The summed E-state index contributed by atoms with van der Waals surface area (Å²) >= 11 is 0. The molecule has 2 aliphatic heterocycles. The van der Waals surface area contributed by atoms with E-state index in [1.165, 1.54) is 30.6 Å². The Morgan fingerprint density at radius 3 is 2.62 bits per heavy atom. The van der Waals surface area contributed by atoms with Gasteiger partial charge in [0.05, 0.1) is 6.10 Å². The van der Waals surface area contributed by atoms with Crippen molar-refractivity contribution in [2.75, 3.05) is 19.7 Å². The van der Waals surface area contributed by atoms with Crippen LogP contribution in [0.2, 0.25) is 0 Å². The first-order valence-electron chi connectivity index (χ1n) is 10.3. The zero-order valence-corrected chi connectivity index (χ0v) is 16.4. The second-order valence-corrected chi connectivity index (χ2v) is 8.36. The topological polar surface area (TPSA) is 41.6 Å². The molecule has 2 aliphatic rings. The van der Waals surface area contributed by atoms with Crippen LogP contribution in [0.3, 0.4) is 0 Å². The van der Waals surface area contributed by atoms with Crippen molar-refractivity contribution in [2.45, 2.75) is 65.1 Å². The van der Waals surface area contributed by atoms with Gasteiger partial charge in [0.2, 0.25) is 5.91 Å². The zero-order valence-electron chi connectivity index (χ0n) is 16.4. The molecule has 4 heteroatoms. The van der Waals surface area contributed by atoms with E-state index in [1.54, 1.807) is 0 Å². The predicted octanol–water partition coefficient (Wildman–Crippen LogP) is 3.74. The number of nitrogens with zero attached hydrogens (tertiary/aromatic N) is 1. The van der Waals surface area contributed by atoms with E-state index in [-0.39, 0.29) is 12.0 Å². The van der Waals surface area contributed by atoms with Crippen LogP contribution in [0.15, 0.2) is 24.3 Å². The fraction of sp³-hybridized carbons (Fsp3) is 0.682. The van der Waals surface area contributed by atoms with Crippen molar-refractivity contribution < 1.29 is 9.53 Å². The van der Waals surface area contributed by atoms with Gasteiger partial charge >= 0.3 is 0 Å². The number of amides is 1. The maximum atomic E-state index is 12.2. The molecule has 1 aromatic rings. The van der Waals surface area contributed by atoms with Crippen molar-refractivity contribution in [1.29, 1.82) is 0 Å². The van der Waals surface area contributed by atoms with Gasteiger partial charge < -0.3 is 10.1 Å². The molecular formula is C22H34N2O2. The van der Waals surface area contributed by atoms with Crippen LogP contribution in [0, 0.1) is 11.8 Å². The molecule has 2 fully saturated rings. The van der Waals surface area contributed by atoms with Gasteiger partial charge in [-0.1, -0.05) is 38.1 Å². The SMILES string of the molecule is CC1CC(C)CN(Cc2ccccc2CNC(=O)CCC2CCCO2)C1. The van der Waals surface area contributed by atoms with E-state index in [0.29, 0.717) is 13.0 Å². The van der Waals surface area contributed by atoms with Gasteiger partial charge in [0.1, 0.15) is 0 Å². The molecule has 26 heavy (non-hydrogen) atoms. The highest BCUT2D eigenvalue weighted by Crippen LogP contribution is 2.23. The molecule has 0 radical (unpaired) electrons. The lowest BCUT2D eigenvalue weighted by Gasteiger charge is -2.35. The van der Waals surface area contributed by atoms with E-state index in [0.717, 1.165) is 44.2 Å². The van der Waals surface area contributed by atoms with Gasteiger partial charge in [0.25, 0.3) is 0 Å². The number of carbonyl (C=O) groups is 1. The Hall–Kier alpha value is -1.39. The quantitative estimate of drug-likeness (QED) is 0.807. The monoisotopic (exact) mass is 358 g/mol. The summed E-state index contributed by atoms with van der Waals surface area (Å²) in [5, 5.41) is 3.11. The molecule has 0 spiro atoms. The number of hydrogen-bond donors (Lipinski definition) is 1. The number of hydrogen-bond acceptors (Lipinski definition) is 3. The van der Waals surface area contributed by atoms with Crippen LogP contribution in [-0.4, -0.2) is 36.6 Å². The number of ether oxygens (including phenoxy) is 1. The first-order valence-corrected chi connectivity index (χ1v) is 10.3. The average Bonchev–Trinajstić information content (AvgIpc) is 3.12. The Morgan fingerprint density at radius 2 is 1.92 bits per heavy atom. The summed E-state index contributed by atoms with van der Waals surface area (Å²) in [5.41, 5.74) is 2.58. The predicted molar refractivity (Wildman–Crippen MR) is 105 cm³/mol. The van der Waals surface area contributed by atoms with Crippen LogP contribution in [0.1, 0.15) is 57.1 Å². The van der Waals surface area contributed by atoms with E-state index >= 15 is 0 Å². The van der Waals surface area contributed by atoms with Crippen LogP contribution in [-0.2, 0) is 22.6 Å². The molecule has 0 aromatic heterocycles. The normalized spacial score (nSPS) is 26.8. The van der Waals surface area contributed by atoms with Gasteiger partial charge in [-0.05, 0) is 48.6 Å². The van der Waals surface area contributed by atoms with Crippen LogP contribution in [0.25, 0.3) is 0 Å². The minimum Gasteiger partial charge on any atom is -0.378 e. The highest BCUT2D eigenvalue weighted by molar-refractivity contribution is 5.75. The van der Waals surface area contributed by atoms with Gasteiger partial charge in [0, 0.05) is 39.2 Å². The molecule has 1 aromatic carbocycles. The molecule has 144 valence electrons. The van der Waals surface area contributed by atoms with Crippen LogP contribution < -0.4 is 5.32 Å². The maximum absolute atomic E-state index is 12.2. The summed E-state index contributed by atoms with van der Waals surface area (Å²) in [7, 11) is 0. The van der Waals surface area contributed by atoms with Crippen molar-refractivity contribution in [2.24, 2.45) is 11.8 Å². The summed E-state index contributed by atoms with van der Waals surface area (Å²) in [5.74, 6) is 1.67. The van der Waals surface area contributed by atoms with Gasteiger partial charge in [-0.25, -0.2) is 0 Å². The molecule has 1 N–H and O–H groups in total. The highest BCUT2D eigenvalue weighted by Gasteiger charge is 2.22. The van der Waals surface area contributed by atoms with Gasteiger partial charge in [-0.2, -0.15) is 0 Å². The van der Waals surface area contributed by atoms with Crippen LogP contribution >= 0.6 is 0 Å². The molecule has 4 nitrogen and oxygen atoms in total. The van der Waals surface area contributed by atoms with E-state index in [4.69, 9.17) is 4.74 Å². The second-order valence-electron chi connectivity index (χ2n) is 8.36. The van der Waals surface area contributed by atoms with Gasteiger partial charge in [0.15, 0.2) is 0 Å². The summed E-state index contributed by atoms with van der Waals surface area (Å²) in [6.45, 7) is 9.51. The number of piperidine rings is 1. The molecule has 0 aliphatic carbocycles. The summed E-state index contributed by atoms with van der Waals surface area (Å²) in [6, 6.07) is 8.53. The van der Waals surface area contributed by atoms with Gasteiger partial charge in [-0.3, -0.25) is 9.69 Å². The fourth-order valence-corrected chi connectivity index (χ4v) is 4.49. The molecule has 3 atom stereocenters. The number of nitrogens with one attached hydrogen (secondary N) is 1. The van der Waals surface area contributed by atoms with E-state index in [9.17, 15) is 4.79 Å². The van der Waals surface area contributed by atoms with Crippen LogP contribution in [0.5, 0.6) is 0 Å². The fourth-order valence-electron chi connectivity index (χ4n) is 4.49. The highest BCUT2D eigenvalue weighted by atomic mass is 16.5. The smallest absolute Gasteiger partial charge is 0.220 e. The molecule has 2 saturated heterocycles. The minimum atomic E-state index is 0.135. The Balaban J connectivity index is 1.49. The lowest BCUT2D eigenvalue weighted by atomic mass is 9.91. The Labute approximate surface area is 158 Å². The molecular weight excluding hydrogens is 324 g/mol. The van der Waals surface area contributed by atoms with E-state index in [2.05, 4.69) is 48.3 Å². The average molecular weight is 359 g/mol. The van der Waals surface area contributed by atoms with Crippen molar-refractivity contribution in [1.82, 2.24) is 10.2 Å². The summed E-state index contributed by atoms with van der Waals surface area (Å²) < 4.78 is 5.60. The first kappa shape index (κ1) is 19.4. The molecule has 0 saturated carbocycles. The third-order valence-electron chi connectivity index (χ3n) is 5.65. The number of carbonyl (C=O) groups excluding carboxylic acids is 1. The Kier molecular flexibility index (Phi) is 7.09. The van der Waals surface area contributed by atoms with E-state index < -0.39 is 0 Å². The van der Waals surface area contributed by atoms with E-state index in [1.807, 2.05) is 0 Å². The van der Waals surface area contributed by atoms with Crippen molar-refractivity contribution in [3.8, 4) is 0 Å². The molecule has 0 bridgehead atoms. The Morgan fingerprint density at radius 1 is 1.19 bits per heavy atom. The molecule has 3 rings (SSSR count). The second kappa shape index (κ2) is 9.52. The zero-order chi connectivity index (χ0) is 18.4. The van der Waals surface area contributed by atoms with Crippen molar-refractivity contribution in [3.05, 3.63) is 35.4 Å². The molecule has 1 amide bonds. The number of rotatable bonds is 7. The van der Waals surface area contributed by atoms with Crippen molar-refractivity contribution in [3.63, 3.8) is 0 Å². The lowest BCUT2D eigenvalue weighted by Crippen LogP contribution is -2.38. The largest absolute Gasteiger partial charge is 0.378 e. The summed E-state index contributed by atoms with van der Waals surface area (Å²) in [4.78, 5) is 14.7. The molecule has 2 heterocycles. The number of likely N-dealkylation sites (tertiary alicyclic amines) is 1. The Bertz CT molecular complexity index is 573. The standard InChI is InChI=1S/C22H34N2O2/c1-17-12-18(2)15-24(14-17)16-20-7-4-3-6-19(20)13-23-22(25)10-9-21-8-5-11-26-21/h3-4,6-7,17-18,21H,5,8-16H2,1-2H3,(H,23,25). The molecule has 3 unspecified atom stereocenters. The first-order chi connectivity index (χ1) is 12.6. The third-order valence-corrected chi connectivity index (χ3v) is 5.65. The lowest BCUT2D eigenvalue weighted by molar-refractivity contribution is -0.121. The number of benzene rings is 1.